The van der Waals surface area contributed by atoms with Crippen LogP contribution >= 0.6 is 7.60 Å². The molecule has 1 heterocycles. The molecule has 2 unspecified atom stereocenters. The Morgan fingerprint density at radius 3 is 2.44 bits per heavy atom. The van der Waals surface area contributed by atoms with E-state index in [0.29, 0.717) is 0 Å². The van der Waals surface area contributed by atoms with Crippen LogP contribution in [-0.2, 0) is 14.1 Å². The van der Waals surface area contributed by atoms with Crippen LogP contribution in [0.4, 0.5) is 0 Å². The normalized spacial score (nSPS) is 23.5. The minimum absolute atomic E-state index is 0.578. The van der Waals surface area contributed by atoms with Gasteiger partial charge in [0, 0.05) is 0 Å². The lowest BCUT2D eigenvalue weighted by Gasteiger charge is -2.14. The molecule has 1 aliphatic rings. The maximum Gasteiger partial charge on any atom is 0.339 e. The number of aliphatic hydroxyl groups excluding tert-OH is 3. The van der Waals surface area contributed by atoms with Crippen LogP contribution in [0.3, 0.4) is 0 Å². The van der Waals surface area contributed by atoms with E-state index in [0.717, 1.165) is 0 Å². The molecule has 0 spiro atoms. The van der Waals surface area contributed by atoms with Crippen LogP contribution in [0.25, 0.3) is 0 Å². The van der Waals surface area contributed by atoms with Gasteiger partial charge in [0.15, 0.2) is 6.10 Å². The van der Waals surface area contributed by atoms with Crippen molar-refractivity contribution in [3.05, 3.63) is 11.3 Å². The Hall–Kier alpha value is -0.920. The van der Waals surface area contributed by atoms with Crippen molar-refractivity contribution < 1.29 is 39.2 Å². The van der Waals surface area contributed by atoms with Crippen LogP contribution in [0.2, 0.25) is 0 Å². The SMILES string of the molecule is O=C1OC(C(O)CO)C(O)=C1CP(=O)(O)O. The molecule has 0 radical (unpaired) electrons. The molecule has 0 aliphatic carbocycles. The van der Waals surface area contributed by atoms with Gasteiger partial charge in [-0.2, -0.15) is 0 Å². The monoisotopic (exact) mass is 254 g/mol. The number of ether oxygens (including phenoxy) is 1. The molecule has 0 aromatic carbocycles. The lowest BCUT2D eigenvalue weighted by molar-refractivity contribution is -0.145. The van der Waals surface area contributed by atoms with Crippen molar-refractivity contribution in [3.8, 4) is 0 Å². The maximum atomic E-state index is 11.1. The second kappa shape index (κ2) is 4.52. The van der Waals surface area contributed by atoms with Gasteiger partial charge in [0.1, 0.15) is 11.9 Å². The molecule has 0 aromatic heterocycles. The van der Waals surface area contributed by atoms with Crippen molar-refractivity contribution in [1.29, 1.82) is 0 Å². The topological polar surface area (TPSA) is 145 Å². The summed E-state index contributed by atoms with van der Waals surface area (Å²) in [5, 5.41) is 27.1. The first-order chi connectivity index (χ1) is 7.26. The van der Waals surface area contributed by atoms with Gasteiger partial charge in [-0.1, -0.05) is 0 Å². The predicted octanol–water partition coefficient (Wildman–Crippen LogP) is -1.75. The molecule has 92 valence electrons. The highest BCUT2D eigenvalue weighted by atomic mass is 31.2. The van der Waals surface area contributed by atoms with Crippen LogP contribution in [0, 0.1) is 0 Å². The number of hydrogen-bond acceptors (Lipinski definition) is 6. The second-order valence-corrected chi connectivity index (χ2v) is 4.91. The number of cyclic esters (lactones) is 1. The summed E-state index contributed by atoms with van der Waals surface area (Å²) in [6, 6.07) is 0. The highest BCUT2D eigenvalue weighted by molar-refractivity contribution is 7.52. The molecule has 0 amide bonds. The Labute approximate surface area is 89.9 Å². The molecule has 16 heavy (non-hydrogen) atoms. The molecule has 0 fully saturated rings. The van der Waals surface area contributed by atoms with Gasteiger partial charge in [-0.25, -0.2) is 4.79 Å². The highest BCUT2D eigenvalue weighted by Crippen LogP contribution is 2.40. The van der Waals surface area contributed by atoms with E-state index in [9.17, 15) is 14.5 Å². The summed E-state index contributed by atoms with van der Waals surface area (Å²) in [7, 11) is -4.52. The van der Waals surface area contributed by atoms with Crippen molar-refractivity contribution in [3.63, 3.8) is 0 Å². The molecule has 0 saturated heterocycles. The molecule has 1 rings (SSSR count). The fourth-order valence-corrected chi connectivity index (χ4v) is 1.93. The Balaban J connectivity index is 2.94. The van der Waals surface area contributed by atoms with Crippen LogP contribution in [0.15, 0.2) is 11.3 Å². The molecule has 0 saturated carbocycles. The molecule has 5 N–H and O–H groups in total. The third kappa shape index (κ3) is 2.81. The van der Waals surface area contributed by atoms with Gasteiger partial charge in [-0.05, 0) is 0 Å². The van der Waals surface area contributed by atoms with Crippen LogP contribution in [0.1, 0.15) is 0 Å². The number of aliphatic hydroxyl groups is 3. The molecule has 9 heteroatoms. The Morgan fingerprint density at radius 2 is 2.00 bits per heavy atom. The molecule has 0 bridgehead atoms. The molecule has 8 nitrogen and oxygen atoms in total. The van der Waals surface area contributed by atoms with Crippen molar-refractivity contribution in [2.45, 2.75) is 12.2 Å². The van der Waals surface area contributed by atoms with E-state index in [1.54, 1.807) is 0 Å². The van der Waals surface area contributed by atoms with Crippen molar-refractivity contribution >= 4 is 13.6 Å². The highest BCUT2D eigenvalue weighted by Gasteiger charge is 2.40. The van der Waals surface area contributed by atoms with E-state index in [2.05, 4.69) is 4.74 Å². The lowest BCUT2D eigenvalue weighted by atomic mass is 10.1. The third-order valence-corrected chi connectivity index (χ3v) is 2.69. The summed E-state index contributed by atoms with van der Waals surface area (Å²) in [6.07, 6.45) is -3.97. The van der Waals surface area contributed by atoms with Gasteiger partial charge in [0.05, 0.1) is 18.3 Å². The van der Waals surface area contributed by atoms with Gasteiger partial charge in [0.25, 0.3) is 0 Å². The largest absolute Gasteiger partial charge is 0.508 e. The quantitative estimate of drug-likeness (QED) is 0.293. The summed E-state index contributed by atoms with van der Waals surface area (Å²) in [5.41, 5.74) is -0.578. The summed E-state index contributed by atoms with van der Waals surface area (Å²) >= 11 is 0. The van der Waals surface area contributed by atoms with E-state index >= 15 is 0 Å². The minimum Gasteiger partial charge on any atom is -0.508 e. The Morgan fingerprint density at radius 1 is 1.44 bits per heavy atom. The van der Waals surface area contributed by atoms with Crippen LogP contribution < -0.4 is 0 Å². The predicted molar refractivity (Wildman–Crippen MR) is 49.5 cm³/mol. The molecule has 1 aliphatic heterocycles. The zero-order valence-electron chi connectivity index (χ0n) is 7.98. The maximum absolute atomic E-state index is 11.1. The lowest BCUT2D eigenvalue weighted by Crippen LogP contribution is -2.31. The number of hydrogen-bond donors (Lipinski definition) is 5. The van der Waals surface area contributed by atoms with Crippen molar-refractivity contribution in [1.82, 2.24) is 0 Å². The van der Waals surface area contributed by atoms with Gasteiger partial charge in [0.2, 0.25) is 0 Å². The number of rotatable bonds is 4. The fourth-order valence-electron chi connectivity index (χ4n) is 1.23. The zero-order valence-corrected chi connectivity index (χ0v) is 8.87. The first kappa shape index (κ1) is 13.1. The van der Waals surface area contributed by atoms with Crippen molar-refractivity contribution in [2.75, 3.05) is 12.8 Å². The van der Waals surface area contributed by atoms with E-state index in [1.165, 1.54) is 0 Å². The smallest absolute Gasteiger partial charge is 0.339 e. The average Bonchev–Trinajstić information content (AvgIpc) is 2.42. The molecule has 0 aromatic rings. The van der Waals surface area contributed by atoms with Gasteiger partial charge in [-0.3, -0.25) is 4.57 Å². The van der Waals surface area contributed by atoms with Gasteiger partial charge < -0.3 is 29.8 Å². The first-order valence-electron chi connectivity index (χ1n) is 4.22. The summed E-state index contributed by atoms with van der Waals surface area (Å²) in [5.74, 6) is -1.87. The molecular formula is C7H11O8P. The van der Waals surface area contributed by atoms with E-state index in [-0.39, 0.29) is 0 Å². The third-order valence-electron chi connectivity index (χ3n) is 1.96. The Kier molecular flexibility index (Phi) is 3.72. The Bertz CT molecular complexity index is 369. The summed E-state index contributed by atoms with van der Waals surface area (Å²) < 4.78 is 15.1. The number of carbonyl (C=O) groups is 1. The standard InChI is InChI=1S/C7H11O8P/c8-1-4(9)6-5(10)3(7(11)15-6)2-16(12,13)14/h4,6,8-10H,1-2H2,(H2,12,13,14). The number of carbonyl (C=O) groups excluding carboxylic acids is 1. The van der Waals surface area contributed by atoms with E-state index in [4.69, 9.17) is 20.0 Å². The van der Waals surface area contributed by atoms with Gasteiger partial charge >= 0.3 is 13.6 Å². The summed E-state index contributed by atoms with van der Waals surface area (Å²) in [4.78, 5) is 28.4. The van der Waals surface area contributed by atoms with Crippen LogP contribution in [0.5, 0.6) is 0 Å². The zero-order chi connectivity index (χ0) is 12.5. The van der Waals surface area contributed by atoms with Crippen LogP contribution in [-0.4, -0.2) is 56.1 Å². The second-order valence-electron chi connectivity index (χ2n) is 3.26. The molecule has 2 atom stereocenters. The fraction of sp³-hybridized carbons (Fsp3) is 0.571. The molecular weight excluding hydrogens is 243 g/mol. The van der Waals surface area contributed by atoms with Gasteiger partial charge in [-0.15, -0.1) is 0 Å². The minimum atomic E-state index is -4.52. The van der Waals surface area contributed by atoms with Crippen molar-refractivity contribution in [2.24, 2.45) is 0 Å². The van der Waals surface area contributed by atoms with E-state index in [1.807, 2.05) is 0 Å². The first-order valence-corrected chi connectivity index (χ1v) is 6.02. The number of esters is 1. The van der Waals surface area contributed by atoms with E-state index < -0.39 is 49.9 Å². The summed E-state index contributed by atoms with van der Waals surface area (Å²) in [6.45, 7) is -0.759. The average molecular weight is 254 g/mol.